The van der Waals surface area contributed by atoms with E-state index in [-0.39, 0.29) is 0 Å². The minimum atomic E-state index is 0.299. The van der Waals surface area contributed by atoms with Crippen LogP contribution in [0, 0.1) is 0 Å². The third-order valence-corrected chi connectivity index (χ3v) is 7.49. The number of benzene rings is 3. The Hall–Kier alpha value is -3.80. The first-order valence-corrected chi connectivity index (χ1v) is 12.8. The number of fused-ring (bicyclic) bond motifs is 3. The van der Waals surface area contributed by atoms with Gasteiger partial charge in [-0.15, -0.1) is 0 Å². The first-order chi connectivity index (χ1) is 17.7. The molecule has 0 radical (unpaired) electrons. The lowest BCUT2D eigenvalue weighted by Gasteiger charge is -2.26. The van der Waals surface area contributed by atoms with Gasteiger partial charge in [-0.1, -0.05) is 66.2 Å². The third-order valence-electron chi connectivity index (χ3n) is 7.20. The van der Waals surface area contributed by atoms with Crippen LogP contribution in [0.1, 0.15) is 18.9 Å². The largest absolute Gasteiger partial charge is 0.317 e. The average Bonchev–Trinajstić information content (AvgIpc) is 3.31. The Kier molecular flexibility index (Phi) is 5.19. The topological polar surface area (TPSA) is 55.6 Å². The number of aromatic nitrogens is 4. The summed E-state index contributed by atoms with van der Waals surface area (Å²) in [5.41, 5.74) is 5.68. The standard InChI is InChI=1S/C30H24ClN5/c31-28-25(16-22-7-3-4-8-26(22)34-28)29-35-27-17-23(21-10-9-19-5-1-2-6-20(19)15-21)18-33-30(27)36(29)24-11-13-32-14-12-24/h1-10,15-18,24,32H,11-14H2. The van der Waals surface area contributed by atoms with Gasteiger partial charge in [0.05, 0.1) is 11.1 Å². The monoisotopic (exact) mass is 489 g/mol. The van der Waals surface area contributed by atoms with Crippen molar-refractivity contribution in [2.24, 2.45) is 0 Å². The molecule has 1 fully saturated rings. The van der Waals surface area contributed by atoms with Gasteiger partial charge in [0.25, 0.3) is 0 Å². The second kappa shape index (κ2) is 8.70. The quantitative estimate of drug-likeness (QED) is 0.271. The molecular weight excluding hydrogens is 466 g/mol. The van der Waals surface area contributed by atoms with Crippen LogP contribution in [-0.4, -0.2) is 32.6 Å². The van der Waals surface area contributed by atoms with Gasteiger partial charge in [-0.25, -0.2) is 15.0 Å². The lowest BCUT2D eigenvalue weighted by molar-refractivity contribution is 0.376. The zero-order chi connectivity index (χ0) is 24.1. The van der Waals surface area contributed by atoms with Gasteiger partial charge in [-0.05, 0) is 66.5 Å². The van der Waals surface area contributed by atoms with Crippen LogP contribution in [0.4, 0.5) is 0 Å². The molecule has 176 valence electrons. The Morgan fingerprint density at radius 2 is 1.53 bits per heavy atom. The van der Waals surface area contributed by atoms with Gasteiger partial charge in [0.1, 0.15) is 16.5 Å². The lowest BCUT2D eigenvalue weighted by Crippen LogP contribution is -2.29. The van der Waals surface area contributed by atoms with Crippen LogP contribution in [0.5, 0.6) is 0 Å². The van der Waals surface area contributed by atoms with Crippen molar-refractivity contribution in [3.63, 3.8) is 0 Å². The van der Waals surface area contributed by atoms with Crippen LogP contribution in [0.15, 0.2) is 85.1 Å². The number of pyridine rings is 2. The molecule has 3 aromatic heterocycles. The molecule has 0 spiro atoms. The Morgan fingerprint density at radius 3 is 2.39 bits per heavy atom. The summed E-state index contributed by atoms with van der Waals surface area (Å²) < 4.78 is 2.29. The van der Waals surface area contributed by atoms with Crippen LogP contribution in [-0.2, 0) is 0 Å². The molecular formula is C30H24ClN5. The van der Waals surface area contributed by atoms with Gasteiger partial charge in [-0.2, -0.15) is 0 Å². The number of hydrogen-bond acceptors (Lipinski definition) is 4. The van der Waals surface area contributed by atoms with Crippen LogP contribution >= 0.6 is 11.6 Å². The van der Waals surface area contributed by atoms with Crippen LogP contribution in [0.2, 0.25) is 5.15 Å². The normalized spacial score (nSPS) is 14.7. The number of nitrogens with zero attached hydrogens (tertiary/aromatic N) is 4. The molecule has 6 heteroatoms. The molecule has 6 aromatic rings. The fourth-order valence-electron chi connectivity index (χ4n) is 5.36. The highest BCUT2D eigenvalue weighted by Crippen LogP contribution is 2.36. The van der Waals surface area contributed by atoms with E-state index in [1.165, 1.54) is 10.8 Å². The smallest absolute Gasteiger partial charge is 0.160 e. The zero-order valence-electron chi connectivity index (χ0n) is 19.7. The zero-order valence-corrected chi connectivity index (χ0v) is 20.4. The second-order valence-electron chi connectivity index (χ2n) is 9.43. The summed E-state index contributed by atoms with van der Waals surface area (Å²) in [5.74, 6) is 0.836. The number of rotatable bonds is 3. The first kappa shape index (κ1) is 21.5. The van der Waals surface area contributed by atoms with Crippen LogP contribution in [0.25, 0.3) is 55.4 Å². The molecule has 3 aromatic carbocycles. The summed E-state index contributed by atoms with van der Waals surface area (Å²) in [6, 6.07) is 27.5. The summed E-state index contributed by atoms with van der Waals surface area (Å²) in [4.78, 5) is 14.8. The van der Waals surface area contributed by atoms with E-state index >= 15 is 0 Å². The fourth-order valence-corrected chi connectivity index (χ4v) is 5.59. The predicted octanol–water partition coefficient (Wildman–Crippen LogP) is 7.04. The maximum Gasteiger partial charge on any atom is 0.160 e. The highest BCUT2D eigenvalue weighted by atomic mass is 35.5. The minimum Gasteiger partial charge on any atom is -0.317 e. The molecule has 0 unspecified atom stereocenters. The summed E-state index contributed by atoms with van der Waals surface area (Å²) in [6.07, 6.45) is 4.01. The molecule has 4 heterocycles. The highest BCUT2D eigenvalue weighted by molar-refractivity contribution is 6.32. The van der Waals surface area contributed by atoms with Gasteiger partial charge in [0.2, 0.25) is 0 Å². The van der Waals surface area contributed by atoms with Crippen molar-refractivity contribution in [2.45, 2.75) is 18.9 Å². The van der Waals surface area contributed by atoms with E-state index in [1.54, 1.807) is 0 Å². The number of halogens is 1. The molecule has 5 nitrogen and oxygen atoms in total. The number of piperidine rings is 1. The average molecular weight is 490 g/mol. The maximum atomic E-state index is 6.76. The van der Waals surface area contributed by atoms with Crippen LogP contribution < -0.4 is 5.32 Å². The van der Waals surface area contributed by atoms with E-state index in [0.717, 1.165) is 70.5 Å². The SMILES string of the molecule is Clc1nc2ccccc2cc1-c1nc2cc(-c3ccc4ccccc4c3)cnc2n1C1CCNCC1. The van der Waals surface area contributed by atoms with E-state index in [1.807, 2.05) is 24.4 Å². The predicted molar refractivity (Wildman–Crippen MR) is 147 cm³/mol. The summed E-state index contributed by atoms with van der Waals surface area (Å²) >= 11 is 6.76. The van der Waals surface area contributed by atoms with Crippen molar-refractivity contribution in [3.8, 4) is 22.5 Å². The Balaban J connectivity index is 1.42. The minimum absolute atomic E-state index is 0.299. The molecule has 1 aliphatic heterocycles. The molecule has 36 heavy (non-hydrogen) atoms. The van der Waals surface area contributed by atoms with Gasteiger partial charge in [0.15, 0.2) is 5.65 Å². The van der Waals surface area contributed by atoms with E-state index in [2.05, 4.69) is 75.5 Å². The van der Waals surface area contributed by atoms with Gasteiger partial charge >= 0.3 is 0 Å². The second-order valence-corrected chi connectivity index (χ2v) is 9.79. The molecule has 0 aliphatic carbocycles. The highest BCUT2D eigenvalue weighted by Gasteiger charge is 2.25. The molecule has 0 bridgehead atoms. The maximum absolute atomic E-state index is 6.76. The lowest BCUT2D eigenvalue weighted by atomic mass is 10.0. The van der Waals surface area contributed by atoms with Crippen molar-refractivity contribution in [1.29, 1.82) is 0 Å². The van der Waals surface area contributed by atoms with E-state index < -0.39 is 0 Å². The summed E-state index contributed by atoms with van der Waals surface area (Å²) in [5, 5.41) is 7.43. The fraction of sp³-hybridized carbons (Fsp3) is 0.167. The van der Waals surface area contributed by atoms with Gasteiger partial charge in [0, 0.05) is 23.2 Å². The van der Waals surface area contributed by atoms with Crippen molar-refractivity contribution >= 4 is 44.4 Å². The third kappa shape index (κ3) is 3.63. The summed E-state index contributed by atoms with van der Waals surface area (Å²) in [6.45, 7) is 1.95. The first-order valence-electron chi connectivity index (χ1n) is 12.4. The number of nitrogens with one attached hydrogen (secondary N) is 1. The Morgan fingerprint density at radius 1 is 0.750 bits per heavy atom. The van der Waals surface area contributed by atoms with E-state index in [4.69, 9.17) is 21.6 Å². The van der Waals surface area contributed by atoms with Crippen molar-refractivity contribution in [3.05, 3.63) is 90.2 Å². The Bertz CT molecular complexity index is 1750. The molecule has 1 aliphatic rings. The molecule has 0 amide bonds. The number of hydrogen-bond donors (Lipinski definition) is 1. The molecule has 0 saturated carbocycles. The molecule has 7 rings (SSSR count). The molecule has 0 atom stereocenters. The van der Waals surface area contributed by atoms with Crippen molar-refractivity contribution in [1.82, 2.24) is 24.8 Å². The van der Waals surface area contributed by atoms with Crippen molar-refractivity contribution in [2.75, 3.05) is 13.1 Å². The molecule has 1 saturated heterocycles. The Labute approximate surface area is 213 Å². The van der Waals surface area contributed by atoms with E-state index in [9.17, 15) is 0 Å². The van der Waals surface area contributed by atoms with Crippen molar-refractivity contribution < 1.29 is 0 Å². The van der Waals surface area contributed by atoms with Gasteiger partial charge < -0.3 is 9.88 Å². The number of imidazole rings is 1. The van der Waals surface area contributed by atoms with E-state index in [0.29, 0.717) is 11.2 Å². The number of para-hydroxylation sites is 1. The molecule has 1 N–H and O–H groups in total. The van der Waals surface area contributed by atoms with Crippen LogP contribution in [0.3, 0.4) is 0 Å². The summed E-state index contributed by atoms with van der Waals surface area (Å²) in [7, 11) is 0. The van der Waals surface area contributed by atoms with Gasteiger partial charge in [-0.3, -0.25) is 0 Å².